The van der Waals surface area contributed by atoms with Gasteiger partial charge in [-0.15, -0.1) is 0 Å². The van der Waals surface area contributed by atoms with Crippen LogP contribution in [0.5, 0.6) is 0 Å². The van der Waals surface area contributed by atoms with Gasteiger partial charge in [-0.3, -0.25) is 13.9 Å². The number of hydrogen-bond acceptors (Lipinski definition) is 2. The number of aryl methyl sites for hydroxylation is 1. The number of nitrogens with zero attached hydrogens (tertiary/aromatic N) is 2. The van der Waals surface area contributed by atoms with Crippen molar-refractivity contribution in [3.05, 3.63) is 64.6 Å². The number of rotatable bonds is 5. The van der Waals surface area contributed by atoms with Crippen molar-refractivity contribution in [3.8, 4) is 0 Å². The Balaban J connectivity index is 2.56. The third kappa shape index (κ3) is 3.18. The Bertz CT molecular complexity index is 879. The Kier molecular flexibility index (Phi) is 5.01. The molecule has 1 aromatic heterocycles. The van der Waals surface area contributed by atoms with Crippen molar-refractivity contribution in [2.75, 3.05) is 0 Å². The highest BCUT2D eigenvalue weighted by atomic mass is 16.2. The van der Waals surface area contributed by atoms with E-state index in [4.69, 9.17) is 5.73 Å². The highest BCUT2D eigenvalue weighted by Gasteiger charge is 2.11. The Hall–Kier alpha value is -2.82. The van der Waals surface area contributed by atoms with Gasteiger partial charge in [0, 0.05) is 18.3 Å². The molecule has 120 valence electrons. The summed E-state index contributed by atoms with van der Waals surface area (Å²) in [7, 11) is 1.74. The van der Waals surface area contributed by atoms with E-state index in [0.717, 1.165) is 11.0 Å². The topological polar surface area (TPSA) is 70.0 Å². The lowest BCUT2D eigenvalue weighted by atomic mass is 10.2. The number of hydrogen-bond donors (Lipinski definition) is 1. The van der Waals surface area contributed by atoms with E-state index in [1.807, 2.05) is 44.2 Å². The van der Waals surface area contributed by atoms with Crippen LogP contribution in [-0.4, -0.2) is 15.0 Å². The van der Waals surface area contributed by atoms with Gasteiger partial charge >= 0.3 is 5.69 Å². The lowest BCUT2D eigenvalue weighted by Crippen LogP contribution is -2.21. The monoisotopic (exact) mass is 311 g/mol. The fourth-order valence-corrected chi connectivity index (χ4v) is 2.49. The molecule has 0 aliphatic rings. The number of allylic oxidation sites excluding steroid dienone is 4. The molecule has 0 unspecified atom stereocenters. The van der Waals surface area contributed by atoms with E-state index in [1.165, 1.54) is 0 Å². The summed E-state index contributed by atoms with van der Waals surface area (Å²) in [6, 6.07) is 7.58. The number of aromatic nitrogens is 2. The second-order valence-corrected chi connectivity index (χ2v) is 5.14. The third-order valence-corrected chi connectivity index (χ3v) is 3.66. The van der Waals surface area contributed by atoms with E-state index in [-0.39, 0.29) is 5.69 Å². The minimum atomic E-state index is -0.483. The molecular weight excluding hydrogens is 290 g/mol. The summed E-state index contributed by atoms with van der Waals surface area (Å²) in [5, 5.41) is 0. The largest absolute Gasteiger partial charge is 0.366 e. The summed E-state index contributed by atoms with van der Waals surface area (Å²) in [4.78, 5) is 24.0. The van der Waals surface area contributed by atoms with E-state index in [1.54, 1.807) is 34.4 Å². The number of para-hydroxylation sites is 2. The van der Waals surface area contributed by atoms with Crippen molar-refractivity contribution in [1.29, 1.82) is 0 Å². The summed E-state index contributed by atoms with van der Waals surface area (Å²) in [5.41, 5.74) is 8.02. The van der Waals surface area contributed by atoms with Gasteiger partial charge in [-0.1, -0.05) is 31.2 Å². The van der Waals surface area contributed by atoms with Crippen LogP contribution >= 0.6 is 0 Å². The molecule has 0 atom stereocenters. The molecule has 5 heteroatoms. The van der Waals surface area contributed by atoms with Gasteiger partial charge in [-0.05, 0) is 37.6 Å². The van der Waals surface area contributed by atoms with Crippen LogP contribution in [0, 0.1) is 0 Å². The number of amides is 1. The molecule has 23 heavy (non-hydrogen) atoms. The molecule has 0 saturated carbocycles. The first kappa shape index (κ1) is 16.5. The van der Waals surface area contributed by atoms with Gasteiger partial charge in [0.2, 0.25) is 5.91 Å². The molecule has 1 heterocycles. The van der Waals surface area contributed by atoms with Crippen molar-refractivity contribution < 1.29 is 4.79 Å². The number of primary amides is 1. The number of fused-ring (bicyclic) bond motifs is 1. The molecule has 2 N–H and O–H groups in total. The molecular formula is C18H21N3O2. The number of benzene rings is 1. The van der Waals surface area contributed by atoms with E-state index in [2.05, 4.69) is 0 Å². The van der Waals surface area contributed by atoms with E-state index in [9.17, 15) is 9.59 Å². The van der Waals surface area contributed by atoms with Crippen LogP contribution in [0.25, 0.3) is 16.7 Å². The van der Waals surface area contributed by atoms with Crippen molar-refractivity contribution in [1.82, 2.24) is 9.13 Å². The zero-order valence-corrected chi connectivity index (χ0v) is 13.6. The van der Waals surface area contributed by atoms with Gasteiger partial charge in [-0.25, -0.2) is 4.79 Å². The van der Waals surface area contributed by atoms with Gasteiger partial charge in [0.15, 0.2) is 0 Å². The predicted octanol–water partition coefficient (Wildman–Crippen LogP) is 2.58. The first-order valence-electron chi connectivity index (χ1n) is 7.52. The first-order chi connectivity index (χ1) is 11.0. The third-order valence-electron chi connectivity index (χ3n) is 3.66. The summed E-state index contributed by atoms with van der Waals surface area (Å²) in [6.07, 6.45) is 7.68. The van der Waals surface area contributed by atoms with Crippen LogP contribution in [0.1, 0.15) is 20.3 Å². The zero-order chi connectivity index (χ0) is 17.0. The maximum absolute atomic E-state index is 12.5. The fourth-order valence-electron chi connectivity index (χ4n) is 2.49. The molecule has 0 bridgehead atoms. The Morgan fingerprint density at radius 3 is 2.43 bits per heavy atom. The average molecular weight is 311 g/mol. The Labute approximate surface area is 135 Å². The Morgan fingerprint density at radius 1 is 1.22 bits per heavy atom. The molecule has 0 spiro atoms. The zero-order valence-electron chi connectivity index (χ0n) is 13.6. The SMILES string of the molecule is C\C=C(/C=C\C(=C/CC)C(N)=O)n1c(=O)n(C)c2ccccc21. The summed E-state index contributed by atoms with van der Waals surface area (Å²) in [5.74, 6) is -0.483. The molecule has 1 amide bonds. The van der Waals surface area contributed by atoms with Crippen LogP contribution in [0.4, 0.5) is 0 Å². The number of imidazole rings is 1. The Morgan fingerprint density at radius 2 is 1.87 bits per heavy atom. The van der Waals surface area contributed by atoms with Crippen LogP contribution in [0.15, 0.2) is 58.9 Å². The molecule has 0 aliphatic heterocycles. The van der Waals surface area contributed by atoms with Crippen molar-refractivity contribution in [2.45, 2.75) is 20.3 Å². The first-order valence-corrected chi connectivity index (χ1v) is 7.52. The lowest BCUT2D eigenvalue weighted by Gasteiger charge is -2.04. The predicted molar refractivity (Wildman–Crippen MR) is 93.8 cm³/mol. The molecule has 0 aliphatic carbocycles. The molecule has 1 aromatic carbocycles. The lowest BCUT2D eigenvalue weighted by molar-refractivity contribution is -0.114. The standard InChI is InChI=1S/C18H21N3O2/c1-4-8-13(17(19)22)11-12-14(5-2)21-16-10-7-6-9-15(16)20(3)18(21)23/h5-12H,4H2,1-3H3,(H2,19,22)/b12-11-,13-8+,14-5+. The van der Waals surface area contributed by atoms with Gasteiger partial charge in [-0.2, -0.15) is 0 Å². The normalized spacial score (nSPS) is 13.2. The number of carbonyl (C=O) groups excluding carboxylic acids is 1. The molecule has 0 fully saturated rings. The summed E-state index contributed by atoms with van der Waals surface area (Å²) in [6.45, 7) is 3.78. The second-order valence-electron chi connectivity index (χ2n) is 5.14. The fraction of sp³-hybridized carbons (Fsp3) is 0.222. The molecule has 0 radical (unpaired) electrons. The second kappa shape index (κ2) is 6.96. The van der Waals surface area contributed by atoms with Crippen LogP contribution in [0.3, 0.4) is 0 Å². The van der Waals surface area contributed by atoms with Gasteiger partial charge in [0.1, 0.15) is 0 Å². The van der Waals surface area contributed by atoms with E-state index >= 15 is 0 Å². The van der Waals surface area contributed by atoms with E-state index < -0.39 is 5.91 Å². The smallest absolute Gasteiger partial charge is 0.333 e. The summed E-state index contributed by atoms with van der Waals surface area (Å²) >= 11 is 0. The highest BCUT2D eigenvalue weighted by Crippen LogP contribution is 2.17. The van der Waals surface area contributed by atoms with Gasteiger partial charge in [0.05, 0.1) is 11.0 Å². The molecule has 0 saturated heterocycles. The minimum absolute atomic E-state index is 0.135. The minimum Gasteiger partial charge on any atom is -0.366 e. The number of nitrogens with two attached hydrogens (primary N) is 1. The molecule has 5 nitrogen and oxygen atoms in total. The van der Waals surface area contributed by atoms with Crippen LogP contribution in [0.2, 0.25) is 0 Å². The molecule has 2 rings (SSSR count). The molecule has 2 aromatic rings. The quantitative estimate of drug-likeness (QED) is 0.681. The maximum Gasteiger partial charge on any atom is 0.333 e. The number of carbonyl (C=O) groups is 1. The van der Waals surface area contributed by atoms with Crippen LogP contribution in [-0.2, 0) is 11.8 Å². The van der Waals surface area contributed by atoms with E-state index in [0.29, 0.717) is 17.7 Å². The summed E-state index contributed by atoms with van der Waals surface area (Å²) < 4.78 is 3.22. The van der Waals surface area contributed by atoms with Crippen molar-refractivity contribution in [3.63, 3.8) is 0 Å². The van der Waals surface area contributed by atoms with Gasteiger partial charge in [0.25, 0.3) is 0 Å². The average Bonchev–Trinajstić information content (AvgIpc) is 2.79. The van der Waals surface area contributed by atoms with Crippen molar-refractivity contribution in [2.24, 2.45) is 12.8 Å². The van der Waals surface area contributed by atoms with Gasteiger partial charge < -0.3 is 5.73 Å². The van der Waals surface area contributed by atoms with Crippen molar-refractivity contribution >= 4 is 22.6 Å². The maximum atomic E-state index is 12.5. The highest BCUT2D eigenvalue weighted by molar-refractivity contribution is 5.95. The van der Waals surface area contributed by atoms with Crippen LogP contribution < -0.4 is 11.4 Å².